The lowest BCUT2D eigenvalue weighted by Gasteiger charge is -2.02. The molecule has 0 aliphatic rings. The predicted octanol–water partition coefficient (Wildman–Crippen LogP) is 3.02. The van der Waals surface area contributed by atoms with Crippen LogP contribution in [0.2, 0.25) is 0 Å². The zero-order valence-electron chi connectivity index (χ0n) is 7.20. The summed E-state index contributed by atoms with van der Waals surface area (Å²) in [6.07, 6.45) is 0. The van der Waals surface area contributed by atoms with E-state index in [1.54, 1.807) is 19.1 Å². The summed E-state index contributed by atoms with van der Waals surface area (Å²) in [4.78, 5) is 0. The smallest absolute Gasteiger partial charge is 0.139 e. The van der Waals surface area contributed by atoms with E-state index in [1.165, 1.54) is 6.07 Å². The van der Waals surface area contributed by atoms with Crippen molar-refractivity contribution in [2.24, 2.45) is 0 Å². The Morgan fingerprint density at radius 1 is 1.54 bits per heavy atom. The summed E-state index contributed by atoms with van der Waals surface area (Å²) in [5.74, 6) is 5.31. The van der Waals surface area contributed by atoms with E-state index in [2.05, 4.69) is 33.1 Å². The lowest BCUT2D eigenvalue weighted by atomic mass is 10.3. The zero-order chi connectivity index (χ0) is 9.68. The number of hydrogen-bond acceptors (Lipinski definition) is 1. The minimum absolute atomic E-state index is 0.269. The first-order valence-corrected chi connectivity index (χ1v) is 4.62. The fraction of sp³-hybridized carbons (Fsp3) is 0.200. The van der Waals surface area contributed by atoms with E-state index in [0.717, 1.165) is 5.69 Å². The lowest BCUT2D eigenvalue weighted by Crippen LogP contribution is -1.98. The van der Waals surface area contributed by atoms with Gasteiger partial charge in [-0.25, -0.2) is 4.39 Å². The number of halogens is 2. The van der Waals surface area contributed by atoms with E-state index >= 15 is 0 Å². The summed E-state index contributed by atoms with van der Waals surface area (Å²) >= 11 is 3.08. The van der Waals surface area contributed by atoms with E-state index in [0.29, 0.717) is 11.0 Å². The van der Waals surface area contributed by atoms with Gasteiger partial charge in [0.2, 0.25) is 0 Å². The number of hydrogen-bond donors (Lipinski definition) is 1. The molecule has 0 saturated heterocycles. The quantitative estimate of drug-likeness (QED) is 0.786. The molecule has 1 rings (SSSR count). The first kappa shape index (κ1) is 10.1. The first-order valence-electron chi connectivity index (χ1n) is 3.82. The van der Waals surface area contributed by atoms with Gasteiger partial charge in [-0.3, -0.25) is 0 Å². The third-order valence-electron chi connectivity index (χ3n) is 1.48. The molecule has 68 valence electrons. The second-order valence-corrected chi connectivity index (χ2v) is 3.26. The molecule has 1 aromatic carbocycles. The van der Waals surface area contributed by atoms with Crippen molar-refractivity contribution in [3.05, 3.63) is 28.5 Å². The van der Waals surface area contributed by atoms with Crippen LogP contribution in [0.3, 0.4) is 0 Å². The Labute approximate surface area is 85.5 Å². The predicted molar refractivity (Wildman–Crippen MR) is 56.0 cm³/mol. The van der Waals surface area contributed by atoms with Crippen LogP contribution in [0.4, 0.5) is 10.1 Å². The van der Waals surface area contributed by atoms with Gasteiger partial charge in [0, 0.05) is 5.69 Å². The molecule has 1 nitrogen and oxygen atoms in total. The monoisotopic (exact) mass is 241 g/mol. The molecule has 0 unspecified atom stereocenters. The van der Waals surface area contributed by atoms with Crippen LogP contribution in [0.15, 0.2) is 22.7 Å². The molecule has 0 radical (unpaired) electrons. The molecule has 13 heavy (non-hydrogen) atoms. The number of benzene rings is 1. The van der Waals surface area contributed by atoms with Gasteiger partial charge in [0.25, 0.3) is 0 Å². The van der Waals surface area contributed by atoms with Crippen LogP contribution >= 0.6 is 15.9 Å². The normalized spacial score (nSPS) is 8.85. The molecule has 0 heterocycles. The molecule has 0 spiro atoms. The van der Waals surface area contributed by atoms with Crippen molar-refractivity contribution in [2.45, 2.75) is 6.92 Å². The summed E-state index contributed by atoms with van der Waals surface area (Å²) in [5, 5.41) is 2.98. The van der Waals surface area contributed by atoms with Gasteiger partial charge in [0.15, 0.2) is 0 Å². The van der Waals surface area contributed by atoms with Gasteiger partial charge in [-0.05, 0) is 41.1 Å². The molecule has 0 atom stereocenters. The average molecular weight is 242 g/mol. The van der Waals surface area contributed by atoms with Crippen molar-refractivity contribution >= 4 is 21.6 Å². The van der Waals surface area contributed by atoms with E-state index in [1.807, 2.05) is 0 Å². The Morgan fingerprint density at radius 3 is 2.92 bits per heavy atom. The summed E-state index contributed by atoms with van der Waals surface area (Å²) < 4.78 is 13.4. The van der Waals surface area contributed by atoms with Gasteiger partial charge in [-0.15, -0.1) is 5.92 Å². The second-order valence-electron chi connectivity index (χ2n) is 2.41. The van der Waals surface area contributed by atoms with Crippen LogP contribution in [0.5, 0.6) is 0 Å². The molecule has 1 aromatic rings. The van der Waals surface area contributed by atoms with Crippen molar-refractivity contribution in [1.29, 1.82) is 0 Å². The van der Waals surface area contributed by atoms with Crippen LogP contribution in [-0.2, 0) is 0 Å². The molecule has 1 N–H and O–H groups in total. The Morgan fingerprint density at radius 2 is 2.31 bits per heavy atom. The Balaban J connectivity index is 2.66. The summed E-state index contributed by atoms with van der Waals surface area (Å²) in [5.41, 5.74) is 0.739. The highest BCUT2D eigenvalue weighted by Gasteiger charge is 1.98. The maximum Gasteiger partial charge on any atom is 0.139 e. The maximum atomic E-state index is 13.0. The Kier molecular flexibility index (Phi) is 3.78. The van der Waals surface area contributed by atoms with Gasteiger partial charge in [0.05, 0.1) is 11.0 Å². The lowest BCUT2D eigenvalue weighted by molar-refractivity contribution is 0.621. The van der Waals surface area contributed by atoms with Gasteiger partial charge in [-0.2, -0.15) is 0 Å². The maximum absolute atomic E-state index is 13.0. The summed E-state index contributed by atoms with van der Waals surface area (Å²) in [6, 6.07) is 4.89. The largest absolute Gasteiger partial charge is 0.374 e. The van der Waals surface area contributed by atoms with E-state index < -0.39 is 0 Å². The van der Waals surface area contributed by atoms with Gasteiger partial charge >= 0.3 is 0 Å². The minimum Gasteiger partial charge on any atom is -0.374 e. The fourth-order valence-corrected chi connectivity index (χ4v) is 1.09. The van der Waals surface area contributed by atoms with E-state index in [4.69, 9.17) is 0 Å². The molecular formula is C10H9BrFN. The summed E-state index contributed by atoms with van der Waals surface area (Å²) in [7, 11) is 0. The Bertz CT molecular complexity index is 352. The Hall–Kier alpha value is -1.01. The molecule has 0 aromatic heterocycles. The molecule has 3 heteroatoms. The van der Waals surface area contributed by atoms with Crippen molar-refractivity contribution in [2.75, 3.05) is 11.9 Å². The highest BCUT2D eigenvalue weighted by Crippen LogP contribution is 2.18. The summed E-state index contributed by atoms with van der Waals surface area (Å²) in [6.45, 7) is 2.31. The van der Waals surface area contributed by atoms with Crippen LogP contribution in [0.1, 0.15) is 6.92 Å². The van der Waals surface area contributed by atoms with Crippen LogP contribution in [0.25, 0.3) is 0 Å². The van der Waals surface area contributed by atoms with Gasteiger partial charge in [-0.1, -0.05) is 5.92 Å². The minimum atomic E-state index is -0.269. The van der Waals surface area contributed by atoms with Crippen LogP contribution in [-0.4, -0.2) is 6.54 Å². The third kappa shape index (κ3) is 3.08. The first-order chi connectivity index (χ1) is 6.24. The molecule has 0 saturated carbocycles. The van der Waals surface area contributed by atoms with Gasteiger partial charge in [0.1, 0.15) is 5.82 Å². The molecule has 0 aliphatic carbocycles. The molecular weight excluding hydrogens is 233 g/mol. The van der Waals surface area contributed by atoms with Gasteiger partial charge < -0.3 is 5.32 Å². The number of anilines is 1. The van der Waals surface area contributed by atoms with Crippen molar-refractivity contribution in [3.63, 3.8) is 0 Å². The van der Waals surface area contributed by atoms with Crippen molar-refractivity contribution in [1.82, 2.24) is 0 Å². The molecule has 0 aliphatic heterocycles. The topological polar surface area (TPSA) is 12.0 Å². The zero-order valence-corrected chi connectivity index (χ0v) is 8.78. The molecule has 0 amide bonds. The number of nitrogens with one attached hydrogen (secondary N) is 1. The highest BCUT2D eigenvalue weighted by molar-refractivity contribution is 9.10. The third-order valence-corrected chi connectivity index (χ3v) is 2.12. The van der Waals surface area contributed by atoms with E-state index in [-0.39, 0.29) is 5.82 Å². The second kappa shape index (κ2) is 4.88. The van der Waals surface area contributed by atoms with Crippen molar-refractivity contribution in [3.8, 4) is 11.8 Å². The standard InChI is InChI=1S/C10H9BrFN/c1-2-3-6-13-8-4-5-9(11)10(12)7-8/h4-5,7,13H,6H2,1H3. The van der Waals surface area contributed by atoms with E-state index in [9.17, 15) is 4.39 Å². The average Bonchev–Trinajstić information content (AvgIpc) is 2.12. The highest BCUT2D eigenvalue weighted by atomic mass is 79.9. The number of rotatable bonds is 2. The fourth-order valence-electron chi connectivity index (χ4n) is 0.841. The van der Waals surface area contributed by atoms with Crippen molar-refractivity contribution < 1.29 is 4.39 Å². The van der Waals surface area contributed by atoms with Crippen LogP contribution in [0, 0.1) is 17.7 Å². The SMILES string of the molecule is CC#CCNc1ccc(Br)c(F)c1. The van der Waals surface area contributed by atoms with Crippen LogP contribution < -0.4 is 5.32 Å². The molecule has 0 fully saturated rings. The molecule has 0 bridgehead atoms.